The molecule has 0 amide bonds. The number of carbonyl (C=O) groups is 1. The molecule has 0 heterocycles. The highest BCUT2D eigenvalue weighted by Crippen LogP contribution is 2.09. The molecule has 0 saturated heterocycles. The Kier molecular flexibility index (Phi) is 5.01. The van der Waals surface area contributed by atoms with Gasteiger partial charge in [0.25, 0.3) is 0 Å². The zero-order valence-corrected chi connectivity index (χ0v) is 10.1. The fourth-order valence-corrected chi connectivity index (χ4v) is 1.64. The Morgan fingerprint density at radius 3 is 2.47 bits per heavy atom. The lowest BCUT2D eigenvalue weighted by Gasteiger charge is -2.18. The van der Waals surface area contributed by atoms with E-state index in [-0.39, 0.29) is 12.8 Å². The van der Waals surface area contributed by atoms with E-state index in [0.717, 1.165) is 0 Å². The summed E-state index contributed by atoms with van der Waals surface area (Å²) in [4.78, 5) is 21.4. The van der Waals surface area contributed by atoms with E-state index in [2.05, 4.69) is 5.92 Å². The van der Waals surface area contributed by atoms with E-state index in [4.69, 9.17) is 10.8 Å². The number of carbonyl (C=O) groups excluding carboxylic acids is 1. The van der Waals surface area contributed by atoms with E-state index in [9.17, 15) is 14.9 Å². The quantitative estimate of drug-likeness (QED) is 0.309. The van der Waals surface area contributed by atoms with Crippen LogP contribution in [0.15, 0.2) is 0 Å². The van der Waals surface area contributed by atoms with Crippen molar-refractivity contribution >= 4 is 14.3 Å². The van der Waals surface area contributed by atoms with Crippen molar-refractivity contribution in [1.29, 1.82) is 0 Å². The average molecular weight is 229 g/mol. The fraction of sp³-hybridized carbons (Fsp3) is 0.667. The molecule has 0 fully saturated rings. The van der Waals surface area contributed by atoms with Crippen LogP contribution in [0.1, 0.15) is 12.8 Å². The first-order valence-electron chi connectivity index (χ1n) is 4.57. The number of terminal acetylenes is 1. The Morgan fingerprint density at radius 2 is 2.13 bits per heavy atom. The Labute approximate surface area is 90.1 Å². The Hall–Kier alpha value is -1.35. The lowest BCUT2D eigenvalue weighted by Crippen LogP contribution is -2.38. The molecule has 84 valence electrons. The number of nitro groups is 1. The summed E-state index contributed by atoms with van der Waals surface area (Å²) in [5.74, 6) is 1.50. The van der Waals surface area contributed by atoms with Crippen LogP contribution in [-0.2, 0) is 9.22 Å². The number of rotatable bonds is 5. The molecule has 0 aliphatic carbocycles. The van der Waals surface area contributed by atoms with Gasteiger partial charge in [0.15, 0.2) is 0 Å². The van der Waals surface area contributed by atoms with Gasteiger partial charge in [-0.05, 0) is 19.6 Å². The van der Waals surface area contributed by atoms with Gasteiger partial charge in [-0.3, -0.25) is 10.1 Å². The number of nitrogens with zero attached hydrogens (tertiary/aromatic N) is 1. The van der Waals surface area contributed by atoms with Crippen LogP contribution >= 0.6 is 0 Å². The Balaban J connectivity index is 4.44. The van der Waals surface area contributed by atoms with Gasteiger partial charge in [0.1, 0.15) is 0 Å². The summed E-state index contributed by atoms with van der Waals surface area (Å²) in [6.07, 6.45) is 5.22. The van der Waals surface area contributed by atoms with Crippen LogP contribution in [0.5, 0.6) is 0 Å². The van der Waals surface area contributed by atoms with Crippen molar-refractivity contribution in [3.63, 3.8) is 0 Å². The van der Waals surface area contributed by atoms with E-state index < -0.39 is 25.3 Å². The van der Waals surface area contributed by atoms with Crippen molar-refractivity contribution in [2.75, 3.05) is 0 Å². The maximum Gasteiger partial charge on any atom is 0.368 e. The lowest BCUT2D eigenvalue weighted by molar-refractivity contribution is -0.510. The molecule has 0 aliphatic heterocycles. The van der Waals surface area contributed by atoms with Crippen LogP contribution in [0.4, 0.5) is 0 Å². The summed E-state index contributed by atoms with van der Waals surface area (Å²) < 4.78 is 5.05. The molecule has 5 nitrogen and oxygen atoms in total. The minimum Gasteiger partial charge on any atom is -0.515 e. The van der Waals surface area contributed by atoms with Crippen LogP contribution in [0.3, 0.4) is 0 Å². The Morgan fingerprint density at radius 1 is 1.60 bits per heavy atom. The normalized spacial score (nSPS) is 12.7. The molecular weight excluding hydrogens is 214 g/mol. The van der Waals surface area contributed by atoms with Crippen LogP contribution in [0, 0.1) is 22.5 Å². The van der Waals surface area contributed by atoms with Crippen molar-refractivity contribution in [3.8, 4) is 12.3 Å². The lowest BCUT2D eigenvalue weighted by atomic mass is 10.2. The van der Waals surface area contributed by atoms with Crippen LogP contribution in [0.25, 0.3) is 0 Å². The molecule has 0 aromatic carbocycles. The summed E-state index contributed by atoms with van der Waals surface area (Å²) >= 11 is 0. The van der Waals surface area contributed by atoms with Crippen molar-refractivity contribution < 1.29 is 14.1 Å². The molecule has 1 unspecified atom stereocenters. The highest BCUT2D eigenvalue weighted by atomic mass is 28.4. The molecule has 0 saturated carbocycles. The molecule has 1 atom stereocenters. The molecule has 0 rings (SSSR count). The Bertz CT molecular complexity index is 289. The third kappa shape index (κ3) is 5.86. The zero-order valence-electron chi connectivity index (χ0n) is 9.15. The molecule has 0 N–H and O–H groups in total. The summed E-state index contributed by atoms with van der Waals surface area (Å²) in [5.41, 5.74) is 0. The van der Waals surface area contributed by atoms with E-state index in [0.29, 0.717) is 0 Å². The predicted octanol–water partition coefficient (Wildman–Crippen LogP) is 1.42. The van der Waals surface area contributed by atoms with Gasteiger partial charge in [-0.25, -0.2) is 4.79 Å². The predicted molar refractivity (Wildman–Crippen MR) is 58.3 cm³/mol. The van der Waals surface area contributed by atoms with Gasteiger partial charge in [0, 0.05) is 17.8 Å². The fourth-order valence-electron chi connectivity index (χ4n) is 0.899. The second-order valence-corrected chi connectivity index (χ2v) is 8.51. The van der Waals surface area contributed by atoms with Gasteiger partial charge in [-0.15, -0.1) is 12.3 Å². The maximum absolute atomic E-state index is 11.4. The van der Waals surface area contributed by atoms with Gasteiger partial charge in [0.05, 0.1) is 0 Å². The largest absolute Gasteiger partial charge is 0.515 e. The summed E-state index contributed by atoms with van der Waals surface area (Å²) in [6.45, 7) is 5.38. The summed E-state index contributed by atoms with van der Waals surface area (Å²) in [5, 5.41) is 10.6. The third-order valence-electron chi connectivity index (χ3n) is 1.50. The highest BCUT2D eigenvalue weighted by Gasteiger charge is 2.34. The minimum absolute atomic E-state index is 0.0345. The van der Waals surface area contributed by atoms with Crippen molar-refractivity contribution in [2.45, 2.75) is 38.5 Å². The van der Waals surface area contributed by atoms with E-state index >= 15 is 0 Å². The first kappa shape index (κ1) is 13.6. The van der Waals surface area contributed by atoms with E-state index in [1.165, 1.54) is 0 Å². The van der Waals surface area contributed by atoms with Gasteiger partial charge in [0.2, 0.25) is 8.32 Å². The highest BCUT2D eigenvalue weighted by molar-refractivity contribution is 6.71. The molecule has 0 aromatic rings. The van der Waals surface area contributed by atoms with Crippen molar-refractivity contribution in [3.05, 3.63) is 10.1 Å². The second kappa shape index (κ2) is 5.51. The molecule has 6 heteroatoms. The third-order valence-corrected chi connectivity index (χ3v) is 2.31. The van der Waals surface area contributed by atoms with Gasteiger partial charge in [-0.2, -0.15) is 0 Å². The summed E-state index contributed by atoms with van der Waals surface area (Å²) in [6, 6.07) is -1.33. The monoisotopic (exact) mass is 229 g/mol. The van der Waals surface area contributed by atoms with Crippen LogP contribution < -0.4 is 0 Å². The van der Waals surface area contributed by atoms with Gasteiger partial charge in [-0.1, -0.05) is 0 Å². The molecule has 0 aromatic heterocycles. The first-order chi connectivity index (χ1) is 6.78. The second-order valence-electron chi connectivity index (χ2n) is 4.08. The van der Waals surface area contributed by atoms with Crippen molar-refractivity contribution in [1.82, 2.24) is 0 Å². The standard InChI is InChI=1S/C9H15NO4Si/c1-5-6-7-8(10(12)13)9(11)14-15(2,3)4/h1,8H,6-7H2,2-4H3. The van der Waals surface area contributed by atoms with E-state index in [1.54, 1.807) is 19.6 Å². The molecule has 0 bridgehead atoms. The van der Waals surface area contributed by atoms with Crippen molar-refractivity contribution in [2.24, 2.45) is 0 Å². The van der Waals surface area contributed by atoms with Crippen LogP contribution in [-0.4, -0.2) is 25.3 Å². The average Bonchev–Trinajstić information content (AvgIpc) is 2.00. The van der Waals surface area contributed by atoms with E-state index in [1.807, 2.05) is 0 Å². The van der Waals surface area contributed by atoms with Gasteiger partial charge < -0.3 is 4.43 Å². The molecule has 0 aliphatic rings. The van der Waals surface area contributed by atoms with Gasteiger partial charge >= 0.3 is 12.0 Å². The SMILES string of the molecule is C#CCCC(C(=O)O[Si](C)(C)C)[N+](=O)[O-]. The minimum atomic E-state index is -2.07. The zero-order chi connectivity index (χ0) is 12.1. The number of hydrogen-bond acceptors (Lipinski definition) is 4. The molecule has 0 spiro atoms. The topological polar surface area (TPSA) is 69.4 Å². The molecule has 0 radical (unpaired) electrons. The maximum atomic E-state index is 11.4. The molecular formula is C9H15NO4Si. The summed E-state index contributed by atoms with van der Waals surface area (Å²) in [7, 11) is -2.07. The van der Waals surface area contributed by atoms with Crippen LogP contribution in [0.2, 0.25) is 19.6 Å². The smallest absolute Gasteiger partial charge is 0.368 e. The first-order valence-corrected chi connectivity index (χ1v) is 7.98. The number of hydrogen-bond donors (Lipinski definition) is 0. The molecule has 15 heavy (non-hydrogen) atoms.